The van der Waals surface area contributed by atoms with Crippen LogP contribution in [0.2, 0.25) is 0 Å². The monoisotopic (exact) mass is 304 g/mol. The Morgan fingerprint density at radius 2 is 2.00 bits per heavy atom. The van der Waals surface area contributed by atoms with Crippen LogP contribution in [0.3, 0.4) is 0 Å². The summed E-state index contributed by atoms with van der Waals surface area (Å²) in [7, 11) is 1.55. The number of methoxy groups -OCH3 is 1. The van der Waals surface area contributed by atoms with Crippen molar-refractivity contribution in [2.45, 2.75) is 6.92 Å². The van der Waals surface area contributed by atoms with Gasteiger partial charge in [-0.2, -0.15) is 5.10 Å². The minimum absolute atomic E-state index is 0.123. The summed E-state index contributed by atoms with van der Waals surface area (Å²) in [5.41, 5.74) is 3.23. The molecule has 0 aliphatic heterocycles. The van der Waals surface area contributed by atoms with Crippen molar-refractivity contribution in [2.24, 2.45) is 5.10 Å². The molecule has 0 aliphatic carbocycles. The smallest absolute Gasteiger partial charge is 0.277 e. The number of carbonyl (C=O) groups is 1. The maximum atomic E-state index is 11.7. The topological polar surface area (TPSA) is 59.9 Å². The lowest BCUT2D eigenvalue weighted by Crippen LogP contribution is -2.25. The highest BCUT2D eigenvalue weighted by Gasteiger charge is 2.06. The van der Waals surface area contributed by atoms with E-state index in [1.165, 1.54) is 0 Å². The van der Waals surface area contributed by atoms with E-state index in [-0.39, 0.29) is 12.5 Å². The van der Waals surface area contributed by atoms with Gasteiger partial charge in [-0.25, -0.2) is 5.43 Å². The van der Waals surface area contributed by atoms with E-state index in [2.05, 4.69) is 10.5 Å². The standard InChI is InChI=1S/C15H16N2O3S/c1-11(14-8-5-9-21-14)16-17-15(18)10-20-13-7-4-3-6-12(13)19-2/h3-9H,10H2,1-2H3,(H,17,18). The van der Waals surface area contributed by atoms with Crippen molar-refractivity contribution in [3.05, 3.63) is 46.7 Å². The summed E-state index contributed by atoms with van der Waals surface area (Å²) in [4.78, 5) is 12.7. The lowest BCUT2D eigenvalue weighted by Gasteiger charge is -2.09. The Bertz CT molecular complexity index is 624. The van der Waals surface area contributed by atoms with Crippen molar-refractivity contribution >= 4 is 23.0 Å². The number of hydrogen-bond donors (Lipinski definition) is 1. The Kier molecular flexibility index (Phi) is 5.34. The van der Waals surface area contributed by atoms with Gasteiger partial charge in [0.2, 0.25) is 0 Å². The average molecular weight is 304 g/mol. The van der Waals surface area contributed by atoms with Gasteiger partial charge in [0.25, 0.3) is 5.91 Å². The molecule has 0 spiro atoms. The normalized spacial score (nSPS) is 11.0. The molecule has 1 amide bonds. The molecule has 0 atom stereocenters. The van der Waals surface area contributed by atoms with E-state index in [9.17, 15) is 4.79 Å². The fourth-order valence-electron chi connectivity index (χ4n) is 1.60. The number of amides is 1. The van der Waals surface area contributed by atoms with Gasteiger partial charge in [0.1, 0.15) is 0 Å². The number of ether oxygens (including phenoxy) is 2. The van der Waals surface area contributed by atoms with Crippen LogP contribution in [0.1, 0.15) is 11.8 Å². The Morgan fingerprint density at radius 3 is 2.67 bits per heavy atom. The summed E-state index contributed by atoms with van der Waals surface area (Å²) < 4.78 is 10.6. The molecule has 1 N–H and O–H groups in total. The predicted molar refractivity (Wildman–Crippen MR) is 83.2 cm³/mol. The number of carbonyl (C=O) groups excluding carboxylic acids is 1. The summed E-state index contributed by atoms with van der Waals surface area (Å²) in [6.45, 7) is 1.72. The third kappa shape index (κ3) is 4.32. The summed E-state index contributed by atoms with van der Waals surface area (Å²) in [6.07, 6.45) is 0. The van der Waals surface area contributed by atoms with Gasteiger partial charge in [-0.1, -0.05) is 18.2 Å². The molecule has 0 saturated heterocycles. The van der Waals surface area contributed by atoms with Crippen molar-refractivity contribution in [1.29, 1.82) is 0 Å². The van der Waals surface area contributed by atoms with Crippen LogP contribution in [-0.2, 0) is 4.79 Å². The van der Waals surface area contributed by atoms with Gasteiger partial charge in [-0.3, -0.25) is 4.79 Å². The zero-order valence-electron chi connectivity index (χ0n) is 11.8. The second-order valence-electron chi connectivity index (χ2n) is 4.15. The van der Waals surface area contributed by atoms with Gasteiger partial charge in [0.15, 0.2) is 18.1 Å². The minimum Gasteiger partial charge on any atom is -0.493 e. The molecular weight excluding hydrogens is 288 g/mol. The van der Waals surface area contributed by atoms with Crippen LogP contribution in [0.15, 0.2) is 46.9 Å². The van der Waals surface area contributed by atoms with Crippen molar-refractivity contribution in [3.63, 3.8) is 0 Å². The Hall–Kier alpha value is -2.34. The third-order valence-corrected chi connectivity index (χ3v) is 3.63. The van der Waals surface area contributed by atoms with Crippen molar-refractivity contribution in [3.8, 4) is 11.5 Å². The number of nitrogens with one attached hydrogen (secondary N) is 1. The Morgan fingerprint density at radius 1 is 1.24 bits per heavy atom. The lowest BCUT2D eigenvalue weighted by atomic mass is 10.3. The van der Waals surface area contributed by atoms with E-state index >= 15 is 0 Å². The SMILES string of the molecule is COc1ccccc1OCC(=O)NN=C(C)c1cccs1. The molecule has 0 saturated carbocycles. The molecule has 0 bridgehead atoms. The fraction of sp³-hybridized carbons (Fsp3) is 0.200. The largest absolute Gasteiger partial charge is 0.493 e. The van der Waals surface area contributed by atoms with Gasteiger partial charge in [-0.15, -0.1) is 11.3 Å². The fourth-order valence-corrected chi connectivity index (χ4v) is 2.28. The van der Waals surface area contributed by atoms with Crippen molar-refractivity contribution in [1.82, 2.24) is 5.43 Å². The van der Waals surface area contributed by atoms with E-state index in [4.69, 9.17) is 9.47 Å². The molecule has 2 aromatic rings. The van der Waals surface area contributed by atoms with E-state index in [1.54, 1.807) is 30.6 Å². The molecule has 21 heavy (non-hydrogen) atoms. The number of nitrogens with zero attached hydrogens (tertiary/aromatic N) is 1. The molecule has 1 aromatic carbocycles. The first kappa shape index (κ1) is 15.1. The maximum Gasteiger partial charge on any atom is 0.277 e. The van der Waals surface area contributed by atoms with Crippen molar-refractivity contribution in [2.75, 3.05) is 13.7 Å². The summed E-state index contributed by atoms with van der Waals surface area (Å²) >= 11 is 1.57. The molecule has 110 valence electrons. The Labute approximate surface area is 127 Å². The van der Waals surface area contributed by atoms with E-state index in [0.717, 1.165) is 10.6 Å². The second kappa shape index (κ2) is 7.44. The van der Waals surface area contributed by atoms with Crippen molar-refractivity contribution < 1.29 is 14.3 Å². The highest BCUT2D eigenvalue weighted by molar-refractivity contribution is 7.12. The third-order valence-electron chi connectivity index (χ3n) is 2.65. The highest BCUT2D eigenvalue weighted by atomic mass is 32.1. The molecule has 6 heteroatoms. The van der Waals surface area contributed by atoms with Crippen LogP contribution in [0, 0.1) is 0 Å². The number of rotatable bonds is 6. The predicted octanol–water partition coefficient (Wildman–Crippen LogP) is 2.68. The van der Waals surface area contributed by atoms with Crippen LogP contribution in [-0.4, -0.2) is 25.3 Å². The number of hydrogen-bond acceptors (Lipinski definition) is 5. The second-order valence-corrected chi connectivity index (χ2v) is 5.10. The summed E-state index contributed by atoms with van der Waals surface area (Å²) in [6, 6.07) is 11.0. The average Bonchev–Trinajstić information content (AvgIpc) is 3.05. The number of benzene rings is 1. The molecule has 1 heterocycles. The van der Waals surface area contributed by atoms with E-state index < -0.39 is 0 Å². The maximum absolute atomic E-state index is 11.7. The first-order valence-corrected chi connectivity index (χ1v) is 7.21. The zero-order valence-corrected chi connectivity index (χ0v) is 12.6. The molecule has 2 rings (SSSR count). The van der Waals surface area contributed by atoms with Crippen LogP contribution in [0.4, 0.5) is 0 Å². The number of para-hydroxylation sites is 2. The molecule has 0 fully saturated rings. The summed E-state index contributed by atoms with van der Waals surface area (Å²) in [5.74, 6) is 0.787. The van der Waals surface area contributed by atoms with Crippen LogP contribution < -0.4 is 14.9 Å². The van der Waals surface area contributed by atoms with Gasteiger partial charge in [0, 0.05) is 4.88 Å². The number of hydrazone groups is 1. The molecule has 5 nitrogen and oxygen atoms in total. The van der Waals surface area contributed by atoms with Gasteiger partial charge in [0.05, 0.1) is 12.8 Å². The number of thiophene rings is 1. The lowest BCUT2D eigenvalue weighted by molar-refractivity contribution is -0.123. The van der Waals surface area contributed by atoms with E-state index in [1.807, 2.05) is 36.6 Å². The first-order chi connectivity index (χ1) is 10.2. The Balaban J connectivity index is 1.86. The molecule has 1 aromatic heterocycles. The van der Waals surface area contributed by atoms with E-state index in [0.29, 0.717) is 11.5 Å². The zero-order chi connectivity index (χ0) is 15.1. The van der Waals surface area contributed by atoms with Crippen LogP contribution in [0.5, 0.6) is 11.5 Å². The minimum atomic E-state index is -0.322. The molecular formula is C15H16N2O3S. The van der Waals surface area contributed by atoms with Crippen LogP contribution in [0.25, 0.3) is 0 Å². The van der Waals surface area contributed by atoms with Crippen LogP contribution >= 0.6 is 11.3 Å². The van der Waals surface area contributed by atoms with Gasteiger partial charge < -0.3 is 9.47 Å². The highest BCUT2D eigenvalue weighted by Crippen LogP contribution is 2.25. The van der Waals surface area contributed by atoms with Gasteiger partial charge in [-0.05, 0) is 30.5 Å². The summed E-state index contributed by atoms with van der Waals surface area (Å²) in [5, 5.41) is 6.00. The molecule has 0 radical (unpaired) electrons. The van der Waals surface area contributed by atoms with Gasteiger partial charge >= 0.3 is 0 Å². The first-order valence-electron chi connectivity index (χ1n) is 6.33. The molecule has 0 aliphatic rings. The quantitative estimate of drug-likeness (QED) is 0.659. The molecule has 0 unspecified atom stereocenters.